The summed E-state index contributed by atoms with van der Waals surface area (Å²) >= 11 is 0. The van der Waals surface area contributed by atoms with Crippen LogP contribution in [0.4, 0.5) is 0 Å². The van der Waals surface area contributed by atoms with Crippen LogP contribution in [0.25, 0.3) is 0 Å². The molecular weight excluding hydrogens is 228 g/mol. The molecule has 2 rings (SSSR count). The number of carbonyl (C=O) groups is 1. The highest BCUT2D eigenvalue weighted by atomic mass is 16.5. The zero-order valence-electron chi connectivity index (χ0n) is 10.4. The lowest BCUT2D eigenvalue weighted by Crippen LogP contribution is -2.06. The van der Waals surface area contributed by atoms with Gasteiger partial charge in [-0.3, -0.25) is 9.48 Å². The molecule has 94 valence electrons. The maximum atomic E-state index is 11.1. The van der Waals surface area contributed by atoms with Crippen LogP contribution in [0.3, 0.4) is 0 Å². The third-order valence-corrected chi connectivity index (χ3v) is 2.62. The third kappa shape index (κ3) is 3.53. The van der Waals surface area contributed by atoms with Gasteiger partial charge in [0.25, 0.3) is 0 Å². The summed E-state index contributed by atoms with van der Waals surface area (Å²) in [6.07, 6.45) is 3.33. The molecular formula is C14H16N2O2. The van der Waals surface area contributed by atoms with Crippen molar-refractivity contribution in [1.82, 2.24) is 9.78 Å². The molecule has 0 atom stereocenters. The predicted octanol–water partition coefficient (Wildman–Crippen LogP) is 2.30. The van der Waals surface area contributed by atoms with Crippen LogP contribution in [-0.2, 0) is 17.9 Å². The Morgan fingerprint density at radius 3 is 2.78 bits per heavy atom. The van der Waals surface area contributed by atoms with Crippen LogP contribution in [-0.4, -0.2) is 22.2 Å². The zero-order valence-corrected chi connectivity index (χ0v) is 10.4. The second-order valence-corrected chi connectivity index (χ2v) is 4.09. The second-order valence-electron chi connectivity index (χ2n) is 4.09. The summed E-state index contributed by atoms with van der Waals surface area (Å²) in [6.45, 7) is 3.36. The molecule has 0 spiro atoms. The summed E-state index contributed by atoms with van der Waals surface area (Å²) in [4.78, 5) is 11.1. The smallest absolute Gasteiger partial charge is 0.162 e. The molecule has 0 bridgehead atoms. The van der Waals surface area contributed by atoms with E-state index in [2.05, 4.69) is 5.10 Å². The molecule has 4 nitrogen and oxygen atoms in total. The average Bonchev–Trinajstić information content (AvgIpc) is 2.85. The molecule has 0 saturated carbocycles. The number of ether oxygens (including phenoxy) is 1. The summed E-state index contributed by atoms with van der Waals surface area (Å²) in [5.74, 6) is 0.0338. The summed E-state index contributed by atoms with van der Waals surface area (Å²) in [6, 6.07) is 10.0. The Balaban J connectivity index is 1.73. The Morgan fingerprint density at radius 1 is 1.33 bits per heavy atom. The number of rotatable bonds is 6. The predicted molar refractivity (Wildman–Crippen MR) is 68.3 cm³/mol. The van der Waals surface area contributed by atoms with E-state index in [-0.39, 0.29) is 5.78 Å². The van der Waals surface area contributed by atoms with Crippen molar-refractivity contribution in [3.8, 4) is 0 Å². The van der Waals surface area contributed by atoms with E-state index in [1.54, 1.807) is 17.1 Å². The van der Waals surface area contributed by atoms with E-state index in [0.29, 0.717) is 25.3 Å². The number of carbonyl (C=O) groups excluding carboxylic acids is 1. The Kier molecular flexibility index (Phi) is 4.25. The molecule has 1 heterocycles. The first-order chi connectivity index (χ1) is 8.75. The van der Waals surface area contributed by atoms with Gasteiger partial charge in [0.2, 0.25) is 0 Å². The van der Waals surface area contributed by atoms with Gasteiger partial charge in [0.15, 0.2) is 5.78 Å². The van der Waals surface area contributed by atoms with Crippen LogP contribution < -0.4 is 0 Å². The van der Waals surface area contributed by atoms with Gasteiger partial charge in [-0.25, -0.2) is 0 Å². The van der Waals surface area contributed by atoms with Gasteiger partial charge in [0, 0.05) is 6.20 Å². The first-order valence-electron chi connectivity index (χ1n) is 5.91. The van der Waals surface area contributed by atoms with E-state index < -0.39 is 0 Å². The van der Waals surface area contributed by atoms with Crippen LogP contribution in [0.15, 0.2) is 42.7 Å². The fourth-order valence-electron chi connectivity index (χ4n) is 1.59. The normalized spacial score (nSPS) is 10.5. The van der Waals surface area contributed by atoms with Crippen molar-refractivity contribution in [2.75, 3.05) is 6.61 Å². The van der Waals surface area contributed by atoms with Gasteiger partial charge in [-0.1, -0.05) is 30.3 Å². The van der Waals surface area contributed by atoms with Crippen LogP contribution >= 0.6 is 0 Å². The van der Waals surface area contributed by atoms with Gasteiger partial charge in [-0.15, -0.1) is 0 Å². The van der Waals surface area contributed by atoms with Crippen LogP contribution in [0, 0.1) is 0 Å². The Labute approximate surface area is 106 Å². The molecule has 0 radical (unpaired) electrons. The van der Waals surface area contributed by atoms with Gasteiger partial charge >= 0.3 is 0 Å². The Hall–Kier alpha value is -1.94. The lowest BCUT2D eigenvalue weighted by atomic mass is 10.2. The van der Waals surface area contributed by atoms with E-state index in [4.69, 9.17) is 4.74 Å². The summed E-state index contributed by atoms with van der Waals surface area (Å²) in [5, 5.41) is 4.10. The monoisotopic (exact) mass is 244 g/mol. The number of benzene rings is 1. The van der Waals surface area contributed by atoms with E-state index in [0.717, 1.165) is 5.56 Å². The van der Waals surface area contributed by atoms with E-state index in [1.165, 1.54) is 6.92 Å². The highest BCUT2D eigenvalue weighted by Gasteiger charge is 2.02. The molecule has 2 aromatic rings. The highest BCUT2D eigenvalue weighted by molar-refractivity contribution is 5.93. The largest absolute Gasteiger partial charge is 0.375 e. The van der Waals surface area contributed by atoms with E-state index in [9.17, 15) is 4.79 Å². The topological polar surface area (TPSA) is 44.1 Å². The number of ketones is 1. The molecule has 18 heavy (non-hydrogen) atoms. The quantitative estimate of drug-likeness (QED) is 0.578. The zero-order chi connectivity index (χ0) is 12.8. The van der Waals surface area contributed by atoms with Gasteiger partial charge in [-0.05, 0) is 12.5 Å². The standard InChI is InChI=1S/C14H16N2O2/c1-12(17)14-9-15-16(10-14)7-8-18-11-13-5-3-2-4-6-13/h2-6,9-10H,7-8,11H2,1H3. The molecule has 0 aliphatic heterocycles. The van der Waals surface area contributed by atoms with Crippen molar-refractivity contribution in [2.45, 2.75) is 20.1 Å². The minimum absolute atomic E-state index is 0.0338. The lowest BCUT2D eigenvalue weighted by molar-refractivity contribution is 0.101. The molecule has 0 unspecified atom stereocenters. The number of hydrogen-bond acceptors (Lipinski definition) is 3. The third-order valence-electron chi connectivity index (χ3n) is 2.62. The minimum atomic E-state index is 0.0338. The van der Waals surface area contributed by atoms with Crippen LogP contribution in [0.1, 0.15) is 22.8 Å². The van der Waals surface area contributed by atoms with E-state index >= 15 is 0 Å². The molecule has 1 aromatic carbocycles. The first-order valence-corrected chi connectivity index (χ1v) is 5.91. The summed E-state index contributed by atoms with van der Waals surface area (Å²) < 4.78 is 7.27. The van der Waals surface area contributed by atoms with Crippen LogP contribution in [0.5, 0.6) is 0 Å². The molecule has 0 fully saturated rings. The minimum Gasteiger partial charge on any atom is -0.375 e. The molecule has 0 aliphatic carbocycles. The molecule has 0 saturated heterocycles. The molecule has 0 amide bonds. The number of hydrogen-bond donors (Lipinski definition) is 0. The second kappa shape index (κ2) is 6.12. The Bertz CT molecular complexity index is 506. The maximum Gasteiger partial charge on any atom is 0.162 e. The number of nitrogens with zero attached hydrogens (tertiary/aromatic N) is 2. The number of aromatic nitrogens is 2. The van der Waals surface area contributed by atoms with Crippen molar-refractivity contribution < 1.29 is 9.53 Å². The maximum absolute atomic E-state index is 11.1. The molecule has 0 N–H and O–H groups in total. The summed E-state index contributed by atoms with van der Waals surface area (Å²) in [7, 11) is 0. The number of Topliss-reactive ketones (excluding diaryl/α,β-unsaturated/α-hetero) is 1. The van der Waals surface area contributed by atoms with Crippen molar-refractivity contribution >= 4 is 5.78 Å². The van der Waals surface area contributed by atoms with Crippen LogP contribution in [0.2, 0.25) is 0 Å². The van der Waals surface area contributed by atoms with E-state index in [1.807, 2.05) is 30.3 Å². The SMILES string of the molecule is CC(=O)c1cnn(CCOCc2ccccc2)c1. The van der Waals surface area contributed by atoms with Crippen molar-refractivity contribution in [3.63, 3.8) is 0 Å². The molecule has 0 aliphatic rings. The lowest BCUT2D eigenvalue weighted by Gasteiger charge is -2.04. The summed E-state index contributed by atoms with van der Waals surface area (Å²) in [5.41, 5.74) is 1.79. The molecule has 1 aromatic heterocycles. The fraction of sp³-hybridized carbons (Fsp3) is 0.286. The van der Waals surface area contributed by atoms with Gasteiger partial charge in [0.1, 0.15) is 0 Å². The van der Waals surface area contributed by atoms with Gasteiger partial charge in [0.05, 0.1) is 31.5 Å². The first kappa shape index (κ1) is 12.5. The fourth-order valence-corrected chi connectivity index (χ4v) is 1.59. The Morgan fingerprint density at radius 2 is 2.11 bits per heavy atom. The van der Waals surface area contributed by atoms with Gasteiger partial charge < -0.3 is 4.74 Å². The van der Waals surface area contributed by atoms with Crippen molar-refractivity contribution in [3.05, 3.63) is 53.9 Å². The van der Waals surface area contributed by atoms with Crippen molar-refractivity contribution in [2.24, 2.45) is 0 Å². The highest BCUT2D eigenvalue weighted by Crippen LogP contribution is 2.01. The van der Waals surface area contributed by atoms with Crippen molar-refractivity contribution in [1.29, 1.82) is 0 Å². The average molecular weight is 244 g/mol. The molecule has 4 heteroatoms. The van der Waals surface area contributed by atoms with Gasteiger partial charge in [-0.2, -0.15) is 5.10 Å².